The molecule has 3 rings (SSSR count). The number of aromatic nitrogens is 3. The fraction of sp³-hybridized carbons (Fsp3) is 0.250. The van der Waals surface area contributed by atoms with Crippen LogP contribution in [0.25, 0.3) is 16.6 Å². The van der Waals surface area contributed by atoms with E-state index in [-0.39, 0.29) is 5.56 Å². The molecule has 3 aromatic rings. The first-order valence-corrected chi connectivity index (χ1v) is 6.71. The van der Waals surface area contributed by atoms with E-state index in [1.165, 1.54) is 5.56 Å². The van der Waals surface area contributed by atoms with E-state index in [9.17, 15) is 4.79 Å². The first-order chi connectivity index (χ1) is 9.56. The topological polar surface area (TPSA) is 39.8 Å². The molecule has 4 heteroatoms. The molecule has 2 heterocycles. The number of rotatable bonds is 2. The fourth-order valence-electron chi connectivity index (χ4n) is 2.30. The Kier molecular flexibility index (Phi) is 2.93. The third kappa shape index (κ3) is 2.03. The molecule has 0 unspecified atom stereocenters. The Balaban J connectivity index is 2.22. The van der Waals surface area contributed by atoms with Gasteiger partial charge >= 0.3 is 0 Å². The number of hydrogen-bond acceptors (Lipinski definition) is 2. The van der Waals surface area contributed by atoms with Crippen molar-refractivity contribution in [3.63, 3.8) is 0 Å². The van der Waals surface area contributed by atoms with Crippen LogP contribution < -0.4 is 5.56 Å². The maximum absolute atomic E-state index is 11.5. The monoisotopic (exact) mass is 267 g/mol. The lowest BCUT2D eigenvalue weighted by atomic mass is 10.0. The number of aryl methyl sites for hydroxylation is 1. The Morgan fingerprint density at radius 2 is 1.95 bits per heavy atom. The van der Waals surface area contributed by atoms with Gasteiger partial charge in [0.25, 0.3) is 0 Å². The molecule has 1 aromatic carbocycles. The summed E-state index contributed by atoms with van der Waals surface area (Å²) in [5, 5.41) is 5.54. The molecule has 0 amide bonds. The SMILES string of the molecule is CC(C)c1ccc2cnn(-c3ccc(=O)n(C)c3)c2c1. The van der Waals surface area contributed by atoms with Crippen LogP contribution in [0.3, 0.4) is 0 Å². The third-order valence-electron chi connectivity index (χ3n) is 3.58. The van der Waals surface area contributed by atoms with E-state index < -0.39 is 0 Å². The molecule has 0 fully saturated rings. The van der Waals surface area contributed by atoms with Crippen LogP contribution in [-0.4, -0.2) is 14.3 Å². The maximum Gasteiger partial charge on any atom is 0.250 e. The van der Waals surface area contributed by atoms with E-state index in [0.29, 0.717) is 5.92 Å². The average molecular weight is 267 g/mol. The van der Waals surface area contributed by atoms with Gasteiger partial charge in [-0.2, -0.15) is 5.10 Å². The van der Waals surface area contributed by atoms with Crippen molar-refractivity contribution in [1.29, 1.82) is 0 Å². The van der Waals surface area contributed by atoms with E-state index in [1.807, 2.05) is 10.9 Å². The molecule has 0 spiro atoms. The van der Waals surface area contributed by atoms with E-state index in [4.69, 9.17) is 0 Å². The minimum absolute atomic E-state index is 0.0203. The number of nitrogens with zero attached hydrogens (tertiary/aromatic N) is 3. The highest BCUT2D eigenvalue weighted by Crippen LogP contribution is 2.23. The van der Waals surface area contributed by atoms with Crippen LogP contribution in [0.5, 0.6) is 0 Å². The Labute approximate surface area is 117 Å². The van der Waals surface area contributed by atoms with Gasteiger partial charge in [-0.25, -0.2) is 4.68 Å². The number of pyridine rings is 1. The molecule has 20 heavy (non-hydrogen) atoms. The van der Waals surface area contributed by atoms with Crippen molar-refractivity contribution in [2.45, 2.75) is 19.8 Å². The predicted molar refractivity (Wildman–Crippen MR) is 80.4 cm³/mol. The smallest absolute Gasteiger partial charge is 0.250 e. The van der Waals surface area contributed by atoms with E-state index >= 15 is 0 Å². The zero-order valence-electron chi connectivity index (χ0n) is 11.9. The van der Waals surface area contributed by atoms with Crippen molar-refractivity contribution in [2.24, 2.45) is 7.05 Å². The highest BCUT2D eigenvalue weighted by Gasteiger charge is 2.08. The zero-order valence-corrected chi connectivity index (χ0v) is 11.9. The Bertz CT molecular complexity index is 827. The molecule has 4 nitrogen and oxygen atoms in total. The summed E-state index contributed by atoms with van der Waals surface area (Å²) in [7, 11) is 1.75. The molecule has 2 aromatic heterocycles. The second kappa shape index (κ2) is 4.63. The van der Waals surface area contributed by atoms with Crippen LogP contribution in [-0.2, 0) is 7.05 Å². The molecule has 0 bridgehead atoms. The lowest BCUT2D eigenvalue weighted by Gasteiger charge is -2.08. The zero-order chi connectivity index (χ0) is 14.3. The van der Waals surface area contributed by atoms with Crippen molar-refractivity contribution in [3.8, 4) is 5.69 Å². The first kappa shape index (κ1) is 12.7. The summed E-state index contributed by atoms with van der Waals surface area (Å²) >= 11 is 0. The quantitative estimate of drug-likeness (QED) is 0.716. The predicted octanol–water partition coefficient (Wildman–Crippen LogP) is 2.85. The minimum atomic E-state index is -0.0203. The van der Waals surface area contributed by atoms with Gasteiger partial charge in [0, 0.05) is 24.7 Å². The molecule has 102 valence electrons. The van der Waals surface area contributed by atoms with Gasteiger partial charge in [-0.05, 0) is 23.6 Å². The van der Waals surface area contributed by atoms with Crippen LogP contribution >= 0.6 is 0 Å². The number of fused-ring (bicyclic) bond motifs is 1. The fourth-order valence-corrected chi connectivity index (χ4v) is 2.30. The van der Waals surface area contributed by atoms with Gasteiger partial charge < -0.3 is 4.57 Å². The van der Waals surface area contributed by atoms with Crippen molar-refractivity contribution in [3.05, 3.63) is 58.6 Å². The average Bonchev–Trinajstić information content (AvgIpc) is 2.84. The maximum atomic E-state index is 11.5. The van der Waals surface area contributed by atoms with Crippen LogP contribution in [0.15, 0.2) is 47.5 Å². The van der Waals surface area contributed by atoms with Crippen LogP contribution in [0, 0.1) is 0 Å². The highest BCUT2D eigenvalue weighted by atomic mass is 16.1. The summed E-state index contributed by atoms with van der Waals surface area (Å²) in [4.78, 5) is 11.5. The summed E-state index contributed by atoms with van der Waals surface area (Å²) in [6.45, 7) is 4.35. The van der Waals surface area contributed by atoms with Crippen LogP contribution in [0.4, 0.5) is 0 Å². The molecular weight excluding hydrogens is 250 g/mol. The molecule has 0 radical (unpaired) electrons. The molecule has 0 saturated heterocycles. The Morgan fingerprint density at radius 3 is 2.65 bits per heavy atom. The largest absolute Gasteiger partial charge is 0.316 e. The molecule has 0 N–H and O–H groups in total. The normalized spacial score (nSPS) is 11.4. The van der Waals surface area contributed by atoms with Gasteiger partial charge in [-0.15, -0.1) is 0 Å². The molecule has 0 saturated carbocycles. The van der Waals surface area contributed by atoms with Gasteiger partial charge in [0.15, 0.2) is 0 Å². The Morgan fingerprint density at radius 1 is 1.15 bits per heavy atom. The van der Waals surface area contributed by atoms with Gasteiger partial charge in [0.05, 0.1) is 17.4 Å². The number of hydrogen-bond donors (Lipinski definition) is 0. The van der Waals surface area contributed by atoms with Crippen molar-refractivity contribution >= 4 is 10.9 Å². The van der Waals surface area contributed by atoms with Gasteiger partial charge in [-0.1, -0.05) is 26.0 Å². The molecule has 0 atom stereocenters. The van der Waals surface area contributed by atoms with Crippen LogP contribution in [0.2, 0.25) is 0 Å². The van der Waals surface area contributed by atoms with E-state index in [1.54, 1.807) is 29.9 Å². The van der Waals surface area contributed by atoms with Crippen LogP contribution in [0.1, 0.15) is 25.3 Å². The molecule has 0 aliphatic carbocycles. The highest BCUT2D eigenvalue weighted by molar-refractivity contribution is 5.81. The molecule has 0 aliphatic rings. The third-order valence-corrected chi connectivity index (χ3v) is 3.58. The molecular formula is C16H17N3O. The van der Waals surface area contributed by atoms with Gasteiger partial charge in [0.1, 0.15) is 0 Å². The Hall–Kier alpha value is -2.36. The second-order valence-electron chi connectivity index (χ2n) is 5.37. The summed E-state index contributed by atoms with van der Waals surface area (Å²) in [5.74, 6) is 0.475. The van der Waals surface area contributed by atoms with Crippen molar-refractivity contribution in [1.82, 2.24) is 14.3 Å². The van der Waals surface area contributed by atoms with Gasteiger partial charge in [0.2, 0.25) is 5.56 Å². The van der Waals surface area contributed by atoms with E-state index in [2.05, 4.69) is 37.1 Å². The number of benzene rings is 1. The standard InChI is InChI=1S/C16H17N3O/c1-11(2)12-4-5-13-9-17-19(15(13)8-12)14-6-7-16(20)18(3)10-14/h4-11H,1-3H3. The van der Waals surface area contributed by atoms with Gasteiger partial charge in [-0.3, -0.25) is 4.79 Å². The lowest BCUT2D eigenvalue weighted by molar-refractivity contribution is 0.820. The van der Waals surface area contributed by atoms with Crippen molar-refractivity contribution in [2.75, 3.05) is 0 Å². The molecule has 0 aliphatic heterocycles. The minimum Gasteiger partial charge on any atom is -0.316 e. The first-order valence-electron chi connectivity index (χ1n) is 6.71. The lowest BCUT2D eigenvalue weighted by Crippen LogP contribution is -2.15. The summed E-state index contributed by atoms with van der Waals surface area (Å²) in [6, 6.07) is 9.76. The van der Waals surface area contributed by atoms with E-state index in [0.717, 1.165) is 16.6 Å². The summed E-state index contributed by atoms with van der Waals surface area (Å²) in [5.41, 5.74) is 3.22. The second-order valence-corrected chi connectivity index (χ2v) is 5.37. The summed E-state index contributed by atoms with van der Waals surface area (Å²) < 4.78 is 3.44. The van der Waals surface area contributed by atoms with Crippen molar-refractivity contribution < 1.29 is 0 Å². The summed E-state index contributed by atoms with van der Waals surface area (Å²) in [6.07, 6.45) is 3.65.